The molecular weight excluding hydrogens is 286 g/mol. The van der Waals surface area contributed by atoms with Crippen molar-refractivity contribution >= 4 is 17.2 Å². The van der Waals surface area contributed by atoms with E-state index in [1.54, 1.807) is 35.9 Å². The molecule has 2 N–H and O–H groups in total. The summed E-state index contributed by atoms with van der Waals surface area (Å²) in [5, 5.41) is 2.44. The zero-order valence-electron chi connectivity index (χ0n) is 12.4. The Morgan fingerprint density at radius 1 is 1.43 bits per heavy atom. The van der Waals surface area contributed by atoms with Crippen LogP contribution in [0.25, 0.3) is 10.7 Å². The van der Waals surface area contributed by atoms with Crippen molar-refractivity contribution in [1.82, 2.24) is 19.9 Å². The highest BCUT2D eigenvalue weighted by Crippen LogP contribution is 2.22. The van der Waals surface area contributed by atoms with Crippen LogP contribution in [0.15, 0.2) is 24.0 Å². The van der Waals surface area contributed by atoms with E-state index in [1.165, 1.54) is 11.3 Å². The summed E-state index contributed by atoms with van der Waals surface area (Å²) >= 11 is 1.39. The first-order chi connectivity index (χ1) is 9.93. The van der Waals surface area contributed by atoms with E-state index >= 15 is 0 Å². The second-order valence-electron chi connectivity index (χ2n) is 5.66. The third-order valence-corrected chi connectivity index (χ3v) is 3.93. The lowest BCUT2D eigenvalue weighted by atomic mass is 9.93. The Labute approximate surface area is 128 Å². The first kappa shape index (κ1) is 15.5. The van der Waals surface area contributed by atoms with Crippen LogP contribution in [0.4, 0.5) is 0 Å². The molecule has 2 aromatic heterocycles. The molecular formula is C14H19N5OS. The number of amides is 1. The van der Waals surface area contributed by atoms with Gasteiger partial charge in [-0.1, -0.05) is 13.8 Å². The predicted octanol–water partition coefficient (Wildman–Crippen LogP) is 1.66. The van der Waals surface area contributed by atoms with Crippen LogP contribution in [0, 0.1) is 5.41 Å². The molecule has 0 atom stereocenters. The maximum atomic E-state index is 12.4. The lowest BCUT2D eigenvalue weighted by molar-refractivity contribution is 0.0735. The van der Waals surface area contributed by atoms with Gasteiger partial charge in [0.1, 0.15) is 16.4 Å². The van der Waals surface area contributed by atoms with Gasteiger partial charge in [-0.2, -0.15) is 0 Å². The number of carbonyl (C=O) groups is 1. The van der Waals surface area contributed by atoms with E-state index in [-0.39, 0.29) is 11.3 Å². The first-order valence-corrected chi connectivity index (χ1v) is 7.48. The Hall–Kier alpha value is -1.86. The zero-order chi connectivity index (χ0) is 15.5. The van der Waals surface area contributed by atoms with Crippen molar-refractivity contribution in [3.63, 3.8) is 0 Å². The molecule has 7 heteroatoms. The summed E-state index contributed by atoms with van der Waals surface area (Å²) in [6.45, 7) is 5.17. The summed E-state index contributed by atoms with van der Waals surface area (Å²) in [7, 11) is 1.76. The van der Waals surface area contributed by atoms with Crippen LogP contribution in [-0.2, 0) is 0 Å². The molecule has 2 rings (SSSR count). The van der Waals surface area contributed by atoms with Crippen LogP contribution in [0.1, 0.15) is 24.3 Å². The van der Waals surface area contributed by atoms with E-state index in [1.807, 2.05) is 13.8 Å². The fourth-order valence-corrected chi connectivity index (χ4v) is 2.63. The van der Waals surface area contributed by atoms with Gasteiger partial charge in [0.25, 0.3) is 5.91 Å². The van der Waals surface area contributed by atoms with E-state index in [0.29, 0.717) is 29.5 Å². The van der Waals surface area contributed by atoms with Crippen molar-refractivity contribution in [3.05, 3.63) is 29.7 Å². The molecule has 0 bridgehead atoms. The average molecular weight is 305 g/mol. The normalized spacial score (nSPS) is 11.4. The summed E-state index contributed by atoms with van der Waals surface area (Å²) in [6.07, 6.45) is 4.84. The van der Waals surface area contributed by atoms with Crippen molar-refractivity contribution in [1.29, 1.82) is 0 Å². The van der Waals surface area contributed by atoms with Crippen LogP contribution in [0.3, 0.4) is 0 Å². The second-order valence-corrected chi connectivity index (χ2v) is 6.52. The van der Waals surface area contributed by atoms with E-state index in [4.69, 9.17) is 5.73 Å². The Morgan fingerprint density at radius 3 is 2.81 bits per heavy atom. The SMILES string of the molecule is CN(CC(C)(C)CN)C(=O)c1csc(-c2cnccn2)n1. The quantitative estimate of drug-likeness (QED) is 0.908. The minimum atomic E-state index is -0.117. The van der Waals surface area contributed by atoms with Gasteiger partial charge < -0.3 is 10.6 Å². The summed E-state index contributed by atoms with van der Waals surface area (Å²) < 4.78 is 0. The van der Waals surface area contributed by atoms with Gasteiger partial charge in [0.15, 0.2) is 0 Å². The molecule has 0 saturated heterocycles. The minimum Gasteiger partial charge on any atom is -0.340 e. The molecule has 0 saturated carbocycles. The topological polar surface area (TPSA) is 85.0 Å². The van der Waals surface area contributed by atoms with E-state index < -0.39 is 0 Å². The van der Waals surface area contributed by atoms with Gasteiger partial charge in [-0.05, 0) is 12.0 Å². The van der Waals surface area contributed by atoms with Gasteiger partial charge in [0, 0.05) is 31.4 Å². The number of nitrogens with zero attached hydrogens (tertiary/aromatic N) is 4. The van der Waals surface area contributed by atoms with Crippen molar-refractivity contribution < 1.29 is 4.79 Å². The summed E-state index contributed by atoms with van der Waals surface area (Å²) in [4.78, 5) is 26.6. The average Bonchev–Trinajstić information content (AvgIpc) is 2.96. The van der Waals surface area contributed by atoms with E-state index in [2.05, 4.69) is 15.0 Å². The molecule has 6 nitrogen and oxygen atoms in total. The van der Waals surface area contributed by atoms with E-state index in [0.717, 1.165) is 0 Å². The van der Waals surface area contributed by atoms with Gasteiger partial charge in [0.05, 0.1) is 6.20 Å². The predicted molar refractivity (Wildman–Crippen MR) is 82.9 cm³/mol. The van der Waals surface area contributed by atoms with Gasteiger partial charge in [-0.25, -0.2) is 4.98 Å². The number of nitrogens with two attached hydrogens (primary N) is 1. The molecule has 1 amide bonds. The van der Waals surface area contributed by atoms with Crippen molar-refractivity contribution in [3.8, 4) is 10.7 Å². The van der Waals surface area contributed by atoms with Crippen LogP contribution in [0.5, 0.6) is 0 Å². The largest absolute Gasteiger partial charge is 0.340 e. The molecule has 0 fully saturated rings. The molecule has 0 aliphatic carbocycles. The Kier molecular flexibility index (Phi) is 4.64. The van der Waals surface area contributed by atoms with Gasteiger partial charge in [-0.3, -0.25) is 14.8 Å². The minimum absolute atomic E-state index is 0.108. The molecule has 112 valence electrons. The lowest BCUT2D eigenvalue weighted by Crippen LogP contribution is -2.39. The standard InChI is InChI=1S/C14H19N5OS/c1-14(2,8-15)9-19(3)13(20)11-7-21-12(18-11)10-6-16-4-5-17-10/h4-7H,8-9,15H2,1-3H3. The molecule has 0 spiro atoms. The summed E-state index contributed by atoms with van der Waals surface area (Å²) in [5.41, 5.74) is 6.69. The van der Waals surface area contributed by atoms with Crippen LogP contribution < -0.4 is 5.73 Å². The third-order valence-electron chi connectivity index (χ3n) is 3.07. The highest BCUT2D eigenvalue weighted by molar-refractivity contribution is 7.13. The molecule has 0 radical (unpaired) electrons. The van der Waals surface area contributed by atoms with E-state index in [9.17, 15) is 4.79 Å². The maximum absolute atomic E-state index is 12.4. The number of rotatable bonds is 5. The monoisotopic (exact) mass is 305 g/mol. The Bertz CT molecular complexity index is 611. The third kappa shape index (κ3) is 3.83. The summed E-state index contributed by atoms with van der Waals surface area (Å²) in [6, 6.07) is 0. The van der Waals surface area contributed by atoms with Crippen LogP contribution in [-0.4, -0.2) is 45.9 Å². The molecule has 21 heavy (non-hydrogen) atoms. The van der Waals surface area contributed by atoms with Crippen molar-refractivity contribution in [2.24, 2.45) is 11.1 Å². The number of carbonyl (C=O) groups excluding carboxylic acids is 1. The maximum Gasteiger partial charge on any atom is 0.273 e. The fraction of sp³-hybridized carbons (Fsp3) is 0.429. The molecule has 0 aliphatic rings. The van der Waals surface area contributed by atoms with Crippen LogP contribution in [0.2, 0.25) is 0 Å². The number of thiazole rings is 1. The highest BCUT2D eigenvalue weighted by atomic mass is 32.1. The second kappa shape index (κ2) is 6.28. The van der Waals surface area contributed by atoms with Crippen LogP contribution >= 0.6 is 11.3 Å². The smallest absolute Gasteiger partial charge is 0.273 e. The molecule has 0 unspecified atom stereocenters. The van der Waals surface area contributed by atoms with Gasteiger partial charge in [0.2, 0.25) is 0 Å². The van der Waals surface area contributed by atoms with Crippen molar-refractivity contribution in [2.45, 2.75) is 13.8 Å². The highest BCUT2D eigenvalue weighted by Gasteiger charge is 2.23. The van der Waals surface area contributed by atoms with Gasteiger partial charge in [-0.15, -0.1) is 11.3 Å². The molecule has 2 heterocycles. The first-order valence-electron chi connectivity index (χ1n) is 6.60. The number of hydrogen-bond donors (Lipinski definition) is 1. The fourth-order valence-electron chi connectivity index (χ4n) is 1.87. The molecule has 0 aliphatic heterocycles. The lowest BCUT2D eigenvalue weighted by Gasteiger charge is -2.28. The molecule has 0 aromatic carbocycles. The Balaban J connectivity index is 2.12. The van der Waals surface area contributed by atoms with Crippen molar-refractivity contribution in [2.75, 3.05) is 20.1 Å². The molecule has 2 aromatic rings. The Morgan fingerprint density at radius 2 is 2.19 bits per heavy atom. The summed E-state index contributed by atoms with van der Waals surface area (Å²) in [5.74, 6) is -0.108. The zero-order valence-corrected chi connectivity index (χ0v) is 13.2. The number of aromatic nitrogens is 3. The number of hydrogen-bond acceptors (Lipinski definition) is 6. The van der Waals surface area contributed by atoms with Gasteiger partial charge >= 0.3 is 0 Å².